The topological polar surface area (TPSA) is 50.1 Å². The molecule has 1 aliphatic carbocycles. The molecule has 3 unspecified atom stereocenters. The van der Waals surface area contributed by atoms with Gasteiger partial charge in [-0.2, -0.15) is 5.26 Å². The smallest absolute Gasteiger partial charge is 0.307 e. The van der Waals surface area contributed by atoms with Crippen LogP contribution in [0, 0.1) is 29.1 Å². The molecule has 3 heteroatoms. The van der Waals surface area contributed by atoms with Crippen LogP contribution in [-0.4, -0.2) is 12.1 Å². The van der Waals surface area contributed by atoms with Crippen molar-refractivity contribution in [3.63, 3.8) is 0 Å². The van der Waals surface area contributed by atoms with Crippen LogP contribution < -0.4 is 0 Å². The standard InChI is InChI=1S/C14H23NO2/c1-10(2)12-7-6-11(3)9-13(12)17-14(16)5-4-8-15/h10-13H,4-7,9H2,1-3H3. The Morgan fingerprint density at radius 3 is 2.76 bits per heavy atom. The van der Waals surface area contributed by atoms with Gasteiger partial charge in [0.1, 0.15) is 6.10 Å². The first-order valence-electron chi connectivity index (χ1n) is 6.61. The molecule has 3 atom stereocenters. The molecule has 0 aromatic carbocycles. The summed E-state index contributed by atoms with van der Waals surface area (Å²) in [6.07, 6.45) is 3.90. The molecule has 1 fully saturated rings. The molecule has 1 aliphatic rings. The number of rotatable bonds is 4. The molecule has 0 saturated heterocycles. The number of nitriles is 1. The van der Waals surface area contributed by atoms with Gasteiger partial charge in [-0.05, 0) is 30.6 Å². The molecule has 1 rings (SSSR count). The van der Waals surface area contributed by atoms with Crippen LogP contribution in [0.5, 0.6) is 0 Å². The van der Waals surface area contributed by atoms with Crippen molar-refractivity contribution in [3.8, 4) is 6.07 Å². The minimum Gasteiger partial charge on any atom is -0.462 e. The molecule has 0 radical (unpaired) electrons. The molecule has 17 heavy (non-hydrogen) atoms. The molecule has 3 nitrogen and oxygen atoms in total. The first-order valence-corrected chi connectivity index (χ1v) is 6.61. The van der Waals surface area contributed by atoms with E-state index >= 15 is 0 Å². The van der Waals surface area contributed by atoms with E-state index in [0.29, 0.717) is 17.8 Å². The van der Waals surface area contributed by atoms with E-state index in [-0.39, 0.29) is 24.9 Å². The molecule has 0 aliphatic heterocycles. The predicted molar refractivity (Wildman–Crippen MR) is 66.1 cm³/mol. The number of hydrogen-bond donors (Lipinski definition) is 0. The van der Waals surface area contributed by atoms with Gasteiger partial charge in [-0.15, -0.1) is 0 Å². The third kappa shape index (κ3) is 4.38. The van der Waals surface area contributed by atoms with Gasteiger partial charge in [0.05, 0.1) is 12.5 Å². The van der Waals surface area contributed by atoms with E-state index < -0.39 is 0 Å². The lowest BCUT2D eigenvalue weighted by Crippen LogP contribution is -2.35. The molecule has 0 amide bonds. The van der Waals surface area contributed by atoms with Gasteiger partial charge in [-0.25, -0.2) is 0 Å². The van der Waals surface area contributed by atoms with Crippen molar-refractivity contribution in [2.24, 2.45) is 17.8 Å². The third-order valence-corrected chi connectivity index (χ3v) is 3.69. The van der Waals surface area contributed by atoms with Gasteiger partial charge in [0, 0.05) is 6.42 Å². The quantitative estimate of drug-likeness (QED) is 0.705. The van der Waals surface area contributed by atoms with Crippen LogP contribution in [0.25, 0.3) is 0 Å². The molecule has 0 aromatic heterocycles. The largest absolute Gasteiger partial charge is 0.462 e. The molecule has 1 saturated carbocycles. The van der Waals surface area contributed by atoms with E-state index in [2.05, 4.69) is 20.8 Å². The van der Waals surface area contributed by atoms with Crippen molar-refractivity contribution in [2.45, 2.75) is 59.0 Å². The molecular weight excluding hydrogens is 214 g/mol. The summed E-state index contributed by atoms with van der Waals surface area (Å²) in [4.78, 5) is 11.6. The van der Waals surface area contributed by atoms with E-state index in [1.165, 1.54) is 6.42 Å². The third-order valence-electron chi connectivity index (χ3n) is 3.69. The van der Waals surface area contributed by atoms with Crippen LogP contribution >= 0.6 is 0 Å². The molecule has 0 aromatic rings. The van der Waals surface area contributed by atoms with E-state index in [4.69, 9.17) is 10.00 Å². The van der Waals surface area contributed by atoms with Crippen LogP contribution in [0.1, 0.15) is 52.9 Å². The molecule has 0 N–H and O–H groups in total. The second-order valence-electron chi connectivity index (χ2n) is 5.51. The Balaban J connectivity index is 2.52. The van der Waals surface area contributed by atoms with E-state index in [1.807, 2.05) is 6.07 Å². The second kappa shape index (κ2) is 6.64. The van der Waals surface area contributed by atoms with Crippen molar-refractivity contribution < 1.29 is 9.53 Å². The summed E-state index contributed by atoms with van der Waals surface area (Å²) in [7, 11) is 0. The number of nitrogens with zero attached hydrogens (tertiary/aromatic N) is 1. The SMILES string of the molecule is CC1CCC(C(C)C)C(OC(=O)CCC#N)C1. The highest BCUT2D eigenvalue weighted by molar-refractivity contribution is 5.69. The number of hydrogen-bond acceptors (Lipinski definition) is 3. The molecule has 0 spiro atoms. The summed E-state index contributed by atoms with van der Waals surface area (Å²) in [6, 6.07) is 1.98. The zero-order chi connectivity index (χ0) is 12.8. The van der Waals surface area contributed by atoms with Crippen molar-refractivity contribution in [1.82, 2.24) is 0 Å². The van der Waals surface area contributed by atoms with Gasteiger partial charge in [0.2, 0.25) is 0 Å². The fourth-order valence-corrected chi connectivity index (χ4v) is 2.64. The molecule has 96 valence electrons. The molecular formula is C14H23NO2. The summed E-state index contributed by atoms with van der Waals surface area (Å²) >= 11 is 0. The zero-order valence-corrected chi connectivity index (χ0v) is 11.1. The van der Waals surface area contributed by atoms with Gasteiger partial charge >= 0.3 is 5.97 Å². The monoisotopic (exact) mass is 237 g/mol. The first-order chi connectivity index (χ1) is 8.04. The Morgan fingerprint density at radius 1 is 1.47 bits per heavy atom. The van der Waals surface area contributed by atoms with E-state index in [0.717, 1.165) is 12.8 Å². The second-order valence-corrected chi connectivity index (χ2v) is 5.51. The van der Waals surface area contributed by atoms with Crippen LogP contribution in [0.2, 0.25) is 0 Å². The normalized spacial score (nSPS) is 28.8. The van der Waals surface area contributed by atoms with Crippen molar-refractivity contribution in [1.29, 1.82) is 5.26 Å². The van der Waals surface area contributed by atoms with Gasteiger partial charge in [-0.3, -0.25) is 4.79 Å². The van der Waals surface area contributed by atoms with E-state index in [1.54, 1.807) is 0 Å². The summed E-state index contributed by atoms with van der Waals surface area (Å²) in [5, 5.41) is 8.45. The lowest BCUT2D eigenvalue weighted by atomic mass is 9.75. The fraction of sp³-hybridized carbons (Fsp3) is 0.857. The highest BCUT2D eigenvalue weighted by Crippen LogP contribution is 2.35. The highest BCUT2D eigenvalue weighted by atomic mass is 16.5. The Hall–Kier alpha value is -1.04. The molecule has 0 bridgehead atoms. The van der Waals surface area contributed by atoms with Crippen LogP contribution in [0.3, 0.4) is 0 Å². The van der Waals surface area contributed by atoms with Crippen LogP contribution in [-0.2, 0) is 9.53 Å². The number of carbonyl (C=O) groups excluding carboxylic acids is 1. The van der Waals surface area contributed by atoms with Crippen LogP contribution in [0.4, 0.5) is 0 Å². The zero-order valence-electron chi connectivity index (χ0n) is 11.1. The van der Waals surface area contributed by atoms with Crippen molar-refractivity contribution >= 4 is 5.97 Å². The van der Waals surface area contributed by atoms with E-state index in [9.17, 15) is 4.79 Å². The van der Waals surface area contributed by atoms with Gasteiger partial charge in [-0.1, -0.05) is 27.2 Å². The average Bonchev–Trinajstić information content (AvgIpc) is 2.26. The summed E-state index contributed by atoms with van der Waals surface area (Å²) < 4.78 is 5.55. The number of ether oxygens (including phenoxy) is 1. The van der Waals surface area contributed by atoms with Gasteiger partial charge in [0.25, 0.3) is 0 Å². The Kier molecular flexibility index (Phi) is 5.47. The summed E-state index contributed by atoms with van der Waals surface area (Å²) in [5.41, 5.74) is 0. The maximum Gasteiger partial charge on any atom is 0.307 e. The first kappa shape index (κ1) is 14.0. The minimum atomic E-state index is -0.212. The Morgan fingerprint density at radius 2 is 2.18 bits per heavy atom. The number of carbonyl (C=O) groups is 1. The number of esters is 1. The minimum absolute atomic E-state index is 0.0601. The Labute approximate surface area is 104 Å². The van der Waals surface area contributed by atoms with Gasteiger partial charge < -0.3 is 4.74 Å². The maximum absolute atomic E-state index is 11.6. The lowest BCUT2D eigenvalue weighted by molar-refractivity contribution is -0.155. The molecule has 0 heterocycles. The van der Waals surface area contributed by atoms with Gasteiger partial charge in [0.15, 0.2) is 0 Å². The fourth-order valence-electron chi connectivity index (χ4n) is 2.64. The van der Waals surface area contributed by atoms with Crippen molar-refractivity contribution in [2.75, 3.05) is 0 Å². The summed E-state index contributed by atoms with van der Waals surface area (Å²) in [6.45, 7) is 6.60. The lowest BCUT2D eigenvalue weighted by Gasteiger charge is -2.36. The van der Waals surface area contributed by atoms with Crippen molar-refractivity contribution in [3.05, 3.63) is 0 Å². The van der Waals surface area contributed by atoms with Crippen LogP contribution in [0.15, 0.2) is 0 Å². The predicted octanol–water partition coefficient (Wildman–Crippen LogP) is 3.29. The Bertz CT molecular complexity index is 293. The average molecular weight is 237 g/mol. The maximum atomic E-state index is 11.6. The highest BCUT2D eigenvalue weighted by Gasteiger charge is 2.33. The summed E-state index contributed by atoms with van der Waals surface area (Å²) in [5.74, 6) is 1.46.